The van der Waals surface area contributed by atoms with Gasteiger partial charge in [-0.1, -0.05) is 236 Å². The van der Waals surface area contributed by atoms with Gasteiger partial charge in [0.25, 0.3) is 0 Å². The molecule has 0 atom stereocenters. The monoisotopic (exact) mass is 922 g/mol. The Labute approximate surface area is 414 Å². The Kier molecular flexibility index (Phi) is 20.8. The first kappa shape index (κ1) is 50.1. The topological polar surface area (TPSA) is 47.7 Å². The number of hydrogen-bond donors (Lipinski definition) is 1. The van der Waals surface area contributed by atoms with E-state index in [-0.39, 0.29) is 0 Å². The van der Waals surface area contributed by atoms with Gasteiger partial charge in [-0.2, -0.15) is 0 Å². The zero-order valence-corrected chi connectivity index (χ0v) is 40.0. The number of para-hydroxylation sites is 4. The molecule has 0 aliphatic carbocycles. The summed E-state index contributed by atoms with van der Waals surface area (Å²) in [5.74, 6) is 1.62. The molecule has 0 spiro atoms. The third kappa shape index (κ3) is 17.5. The van der Waals surface area contributed by atoms with Crippen LogP contribution in [0.5, 0.6) is 11.5 Å². The number of allylic oxidation sites excluding steroid dienone is 6. The van der Waals surface area contributed by atoms with Crippen LogP contribution in [0.25, 0.3) is 36.5 Å². The largest absolute Gasteiger partial charge is 0.492 e. The first-order valence-corrected chi connectivity index (χ1v) is 23.5. The molecule has 4 nitrogen and oxygen atoms in total. The van der Waals surface area contributed by atoms with Crippen molar-refractivity contribution in [1.29, 1.82) is 0 Å². The van der Waals surface area contributed by atoms with Crippen LogP contribution in [0, 0.1) is 0 Å². The second-order valence-electron chi connectivity index (χ2n) is 15.3. The van der Waals surface area contributed by atoms with Crippen molar-refractivity contribution in [3.05, 3.63) is 287 Å². The summed E-state index contributed by atoms with van der Waals surface area (Å²) >= 11 is 5.81. The molecule has 0 bridgehead atoms. The highest BCUT2D eigenvalue weighted by Gasteiger charge is 2.16. The lowest BCUT2D eigenvalue weighted by Gasteiger charge is -2.27. The van der Waals surface area contributed by atoms with Crippen LogP contribution in [0.15, 0.2) is 249 Å². The number of halogens is 1. The zero-order chi connectivity index (χ0) is 48.1. The number of nitrogens with two attached hydrogens (primary N) is 1. The fourth-order valence-corrected chi connectivity index (χ4v) is 6.98. The third-order valence-electron chi connectivity index (χ3n) is 10.3. The molecule has 344 valence electrons. The summed E-state index contributed by atoms with van der Waals surface area (Å²) in [7, 11) is 0. The maximum absolute atomic E-state index is 6.03. The van der Waals surface area contributed by atoms with Crippen molar-refractivity contribution in [2.75, 3.05) is 23.8 Å². The minimum absolute atomic E-state index is 0.602. The summed E-state index contributed by atoms with van der Waals surface area (Å²) in [6, 6.07) is 71.5. The smallest absolute Gasteiger partial charge is 0.143 e. The molecule has 0 saturated heterocycles. The maximum atomic E-state index is 6.03. The normalized spacial score (nSPS) is 11.2. The Morgan fingerprint density at radius 3 is 1.04 bits per heavy atom. The molecular formula is C64H59ClN2O2. The van der Waals surface area contributed by atoms with Gasteiger partial charge in [-0.15, -0.1) is 0 Å². The maximum Gasteiger partial charge on any atom is 0.143 e. The van der Waals surface area contributed by atoms with Crippen molar-refractivity contribution in [1.82, 2.24) is 0 Å². The van der Waals surface area contributed by atoms with E-state index in [0.29, 0.717) is 18.9 Å². The molecule has 0 radical (unpaired) electrons. The fraction of sp³-hybridized carbons (Fsp3) is 0.0625. The van der Waals surface area contributed by atoms with Crippen LogP contribution in [0.2, 0.25) is 5.02 Å². The molecule has 2 N–H and O–H groups in total. The summed E-state index contributed by atoms with van der Waals surface area (Å²) in [5.41, 5.74) is 16.4. The average molecular weight is 924 g/mol. The van der Waals surface area contributed by atoms with Crippen LogP contribution in [0.4, 0.5) is 22.7 Å². The number of rotatable bonds is 16. The van der Waals surface area contributed by atoms with Crippen molar-refractivity contribution < 1.29 is 9.47 Å². The average Bonchev–Trinajstić information content (AvgIpc) is 3.40. The summed E-state index contributed by atoms with van der Waals surface area (Å²) < 4.78 is 11.2. The second kappa shape index (κ2) is 28.7. The molecular weight excluding hydrogens is 864 g/mol. The third-order valence-corrected chi connectivity index (χ3v) is 10.5. The standard InChI is InChI=1S/C40H35NO.C16H13Cl.C8H11NO/c1-2-42-40-24-14-13-23-39(40)41(37-29-25-35(26-30-37)21-11-9-19-33-15-5-3-6-16-33)38-31-27-36(28-32-38)22-12-10-20-34-17-7-4-8-18-34;17-16-12-10-15(11-13-16)9-5-4-8-14-6-2-1-3-7-14;1-2-10-8-6-4-3-5-7(8)9/h3-32H,2H2,1H3;1-13H;3-6H,2,9H2,1H3/b19-9+,20-10+,21-11+,22-12+;8-4+,9-5+;. The molecule has 0 aromatic heterocycles. The summed E-state index contributed by atoms with van der Waals surface area (Å²) in [5, 5.41) is 0.766. The predicted molar refractivity (Wildman–Crippen MR) is 299 cm³/mol. The molecule has 8 aromatic rings. The molecule has 0 fully saturated rings. The van der Waals surface area contributed by atoms with Crippen molar-refractivity contribution >= 4 is 70.8 Å². The van der Waals surface area contributed by atoms with Gasteiger partial charge in [-0.25, -0.2) is 0 Å². The van der Waals surface area contributed by atoms with E-state index in [1.54, 1.807) is 0 Å². The van der Waals surface area contributed by atoms with Crippen LogP contribution in [0.3, 0.4) is 0 Å². The van der Waals surface area contributed by atoms with Gasteiger partial charge in [-0.3, -0.25) is 0 Å². The molecule has 0 unspecified atom stereocenters. The second-order valence-corrected chi connectivity index (χ2v) is 15.8. The highest BCUT2D eigenvalue weighted by atomic mass is 35.5. The van der Waals surface area contributed by atoms with Crippen molar-refractivity contribution in [2.24, 2.45) is 0 Å². The fourth-order valence-electron chi connectivity index (χ4n) is 6.85. The quantitative estimate of drug-likeness (QED) is 0.0775. The van der Waals surface area contributed by atoms with Crippen molar-refractivity contribution in [3.63, 3.8) is 0 Å². The number of nitrogen functional groups attached to an aromatic ring is 1. The summed E-state index contributed by atoms with van der Waals surface area (Å²) in [6.07, 6.45) is 24.9. The summed E-state index contributed by atoms with van der Waals surface area (Å²) in [6.45, 7) is 5.22. The highest BCUT2D eigenvalue weighted by molar-refractivity contribution is 6.30. The van der Waals surface area contributed by atoms with Crippen LogP contribution >= 0.6 is 11.6 Å². The minimum atomic E-state index is 0.602. The molecule has 0 amide bonds. The Balaban J connectivity index is 0.000000235. The van der Waals surface area contributed by atoms with E-state index in [4.69, 9.17) is 26.8 Å². The Morgan fingerprint density at radius 2 is 0.667 bits per heavy atom. The van der Waals surface area contributed by atoms with Gasteiger partial charge in [0.15, 0.2) is 0 Å². The molecule has 5 heteroatoms. The van der Waals surface area contributed by atoms with Gasteiger partial charge in [-0.05, 0) is 108 Å². The van der Waals surface area contributed by atoms with Crippen molar-refractivity contribution in [3.8, 4) is 11.5 Å². The highest BCUT2D eigenvalue weighted by Crippen LogP contribution is 2.40. The van der Waals surface area contributed by atoms with Gasteiger partial charge in [0.05, 0.1) is 24.6 Å². The SMILES string of the molecule is CCOc1ccccc1N.CCOc1ccccc1N(c1ccc(/C=C/C=C/c2ccccc2)cc1)c1ccc(/C=C/C=C/c2ccccc2)cc1.Clc1ccc(/C=C/C=C/c2ccccc2)cc1. The van der Waals surface area contributed by atoms with Gasteiger partial charge in [0.1, 0.15) is 11.5 Å². The Hall–Kier alpha value is -8.31. The number of hydrogen-bond acceptors (Lipinski definition) is 4. The van der Waals surface area contributed by atoms with Crippen LogP contribution in [0.1, 0.15) is 47.2 Å². The van der Waals surface area contributed by atoms with E-state index in [1.807, 2.05) is 141 Å². The van der Waals surface area contributed by atoms with E-state index in [9.17, 15) is 0 Å². The molecule has 0 aliphatic heterocycles. The molecule has 69 heavy (non-hydrogen) atoms. The predicted octanol–water partition coefficient (Wildman–Crippen LogP) is 17.7. The Bertz CT molecular complexity index is 2780. The molecule has 0 heterocycles. The molecule has 0 aliphatic rings. The van der Waals surface area contributed by atoms with Gasteiger partial charge in [0, 0.05) is 16.4 Å². The van der Waals surface area contributed by atoms with Crippen LogP contribution < -0.4 is 20.1 Å². The number of anilines is 4. The van der Waals surface area contributed by atoms with E-state index in [0.717, 1.165) is 50.3 Å². The molecule has 8 rings (SSSR count). The summed E-state index contributed by atoms with van der Waals surface area (Å²) in [4.78, 5) is 2.25. The number of benzene rings is 8. The first-order valence-electron chi connectivity index (χ1n) is 23.1. The van der Waals surface area contributed by atoms with E-state index < -0.39 is 0 Å². The van der Waals surface area contributed by atoms with Gasteiger partial charge in [0.2, 0.25) is 0 Å². The van der Waals surface area contributed by atoms with E-state index in [1.165, 1.54) is 16.7 Å². The Morgan fingerprint density at radius 1 is 0.362 bits per heavy atom. The van der Waals surface area contributed by atoms with Crippen LogP contribution in [-0.4, -0.2) is 13.2 Å². The lowest BCUT2D eigenvalue weighted by atomic mass is 10.1. The molecule has 0 saturated carbocycles. The molecule has 8 aromatic carbocycles. The van der Waals surface area contributed by atoms with Gasteiger partial charge < -0.3 is 20.1 Å². The minimum Gasteiger partial charge on any atom is -0.492 e. The van der Waals surface area contributed by atoms with E-state index in [2.05, 4.69) is 163 Å². The van der Waals surface area contributed by atoms with E-state index >= 15 is 0 Å². The van der Waals surface area contributed by atoms with Crippen molar-refractivity contribution in [2.45, 2.75) is 13.8 Å². The lowest BCUT2D eigenvalue weighted by molar-refractivity contribution is 0.341. The number of nitrogens with zero attached hydrogens (tertiary/aromatic N) is 1. The van der Waals surface area contributed by atoms with Crippen LogP contribution in [-0.2, 0) is 0 Å². The first-order chi connectivity index (χ1) is 34.0. The van der Waals surface area contributed by atoms with Gasteiger partial charge >= 0.3 is 0 Å². The number of ether oxygens (including phenoxy) is 2. The lowest BCUT2D eigenvalue weighted by Crippen LogP contribution is -2.11. The zero-order valence-electron chi connectivity index (χ0n) is 39.3.